The van der Waals surface area contributed by atoms with E-state index in [1.54, 1.807) is 23.7 Å². The summed E-state index contributed by atoms with van der Waals surface area (Å²) < 4.78 is 24.8. The van der Waals surface area contributed by atoms with Gasteiger partial charge in [0.1, 0.15) is 0 Å². The fourth-order valence-corrected chi connectivity index (χ4v) is 4.43. The van der Waals surface area contributed by atoms with Crippen LogP contribution in [0.4, 0.5) is 0 Å². The molecule has 166 valence electrons. The number of nitrogens with two attached hydrogens (primary N) is 3. The summed E-state index contributed by atoms with van der Waals surface area (Å²) >= 11 is 0. The highest BCUT2D eigenvalue weighted by Gasteiger charge is 2.28. The molecule has 4 rings (SSSR count). The van der Waals surface area contributed by atoms with Crippen molar-refractivity contribution in [1.29, 1.82) is 0 Å². The third-order valence-corrected chi connectivity index (χ3v) is 6.52. The Morgan fingerprint density at radius 2 is 1.81 bits per heavy atom. The molecule has 1 unspecified atom stereocenters. The van der Waals surface area contributed by atoms with Gasteiger partial charge in [-0.2, -0.15) is 5.10 Å². The Bertz CT molecular complexity index is 1340. The molecule has 3 aromatic rings. The summed E-state index contributed by atoms with van der Waals surface area (Å²) in [6, 6.07) is 11.1. The Kier molecular flexibility index (Phi) is 5.45. The van der Waals surface area contributed by atoms with Crippen molar-refractivity contribution >= 4 is 21.7 Å². The molecule has 1 amide bonds. The van der Waals surface area contributed by atoms with E-state index in [0.29, 0.717) is 24.2 Å². The van der Waals surface area contributed by atoms with Crippen LogP contribution in [-0.2, 0) is 34.1 Å². The first-order chi connectivity index (χ1) is 15.1. The number of hydrogen-bond donors (Lipinski definition) is 3. The molecular weight excluding hydrogens is 430 g/mol. The van der Waals surface area contributed by atoms with Gasteiger partial charge in [0.05, 0.1) is 22.3 Å². The van der Waals surface area contributed by atoms with Crippen LogP contribution in [0.1, 0.15) is 34.1 Å². The predicted octanol–water partition coefficient (Wildman–Crippen LogP) is 0.843. The van der Waals surface area contributed by atoms with Crippen LogP contribution >= 0.6 is 0 Å². The van der Waals surface area contributed by atoms with Gasteiger partial charge in [-0.25, -0.2) is 18.2 Å². The standard InChI is InChI=1S/C22H23N5O4S/c1-12(23)19(28)11-13-2-3-14-4-9-17-20(22(24)29)26-27(21(17)18(14)10-13)15-5-7-16(8-6-15)32(25,30)31/h2-3,5-8,10,12H,4,9,11,23H2,1H3,(H2,24,29)(H2,25,30,31). The van der Waals surface area contributed by atoms with Crippen molar-refractivity contribution in [3.05, 3.63) is 64.8 Å². The molecule has 1 aromatic heterocycles. The van der Waals surface area contributed by atoms with Crippen molar-refractivity contribution in [2.24, 2.45) is 16.6 Å². The minimum Gasteiger partial charge on any atom is -0.364 e. The topological polar surface area (TPSA) is 164 Å². The van der Waals surface area contributed by atoms with Gasteiger partial charge in [-0.1, -0.05) is 12.1 Å². The van der Waals surface area contributed by atoms with Gasteiger partial charge in [0.25, 0.3) is 5.91 Å². The minimum absolute atomic E-state index is 0.0329. The first-order valence-electron chi connectivity index (χ1n) is 10.0. The molecular formula is C22H23N5O4S. The molecule has 0 bridgehead atoms. The summed E-state index contributed by atoms with van der Waals surface area (Å²) in [6.07, 6.45) is 1.47. The number of aromatic nitrogens is 2. The van der Waals surface area contributed by atoms with Crippen LogP contribution in [0.3, 0.4) is 0 Å². The second-order valence-electron chi connectivity index (χ2n) is 7.91. The van der Waals surface area contributed by atoms with Crippen LogP contribution in [0, 0.1) is 0 Å². The number of nitrogens with zero attached hydrogens (tertiary/aromatic N) is 2. The lowest BCUT2D eigenvalue weighted by molar-refractivity contribution is -0.119. The molecule has 32 heavy (non-hydrogen) atoms. The zero-order chi connectivity index (χ0) is 23.2. The monoisotopic (exact) mass is 453 g/mol. The molecule has 6 N–H and O–H groups in total. The average Bonchev–Trinajstić information content (AvgIpc) is 3.13. The lowest BCUT2D eigenvalue weighted by Gasteiger charge is -2.20. The largest absolute Gasteiger partial charge is 0.364 e. The van der Waals surface area contributed by atoms with Crippen molar-refractivity contribution in [1.82, 2.24) is 9.78 Å². The van der Waals surface area contributed by atoms with Crippen LogP contribution < -0.4 is 16.6 Å². The summed E-state index contributed by atoms with van der Waals surface area (Å²) in [5, 5.41) is 9.64. The minimum atomic E-state index is -3.85. The maximum Gasteiger partial charge on any atom is 0.269 e. The van der Waals surface area contributed by atoms with Gasteiger partial charge in [0.2, 0.25) is 10.0 Å². The highest BCUT2D eigenvalue weighted by Crippen LogP contribution is 2.37. The summed E-state index contributed by atoms with van der Waals surface area (Å²) in [5.41, 5.74) is 16.1. The van der Waals surface area contributed by atoms with Crippen molar-refractivity contribution in [2.75, 3.05) is 0 Å². The number of rotatable bonds is 6. The maximum absolute atomic E-state index is 12.2. The molecule has 0 aliphatic heterocycles. The van der Waals surface area contributed by atoms with Crippen LogP contribution in [0.15, 0.2) is 47.4 Å². The third kappa shape index (κ3) is 3.95. The van der Waals surface area contributed by atoms with Gasteiger partial charge in [-0.15, -0.1) is 0 Å². The Morgan fingerprint density at radius 1 is 1.12 bits per heavy atom. The number of primary amides is 1. The van der Waals surface area contributed by atoms with Crippen LogP contribution in [-0.4, -0.2) is 35.9 Å². The summed E-state index contributed by atoms with van der Waals surface area (Å²) in [6.45, 7) is 1.65. The van der Waals surface area contributed by atoms with E-state index in [0.717, 1.165) is 22.3 Å². The molecule has 0 spiro atoms. The molecule has 0 fully saturated rings. The molecule has 0 radical (unpaired) electrons. The number of amides is 1. The number of carbonyl (C=O) groups is 2. The second-order valence-corrected chi connectivity index (χ2v) is 9.48. The van der Waals surface area contributed by atoms with Crippen molar-refractivity contribution in [3.63, 3.8) is 0 Å². The van der Waals surface area contributed by atoms with Gasteiger partial charge in [-0.05, 0) is 61.2 Å². The van der Waals surface area contributed by atoms with Gasteiger partial charge in [-0.3, -0.25) is 9.59 Å². The highest BCUT2D eigenvalue weighted by atomic mass is 32.2. The molecule has 9 nitrogen and oxygen atoms in total. The Hall–Kier alpha value is -3.34. The van der Waals surface area contributed by atoms with Crippen LogP contribution in [0.2, 0.25) is 0 Å². The van der Waals surface area contributed by atoms with Gasteiger partial charge in [0.15, 0.2) is 11.5 Å². The van der Waals surface area contributed by atoms with E-state index in [1.807, 2.05) is 18.2 Å². The molecule has 1 heterocycles. The van der Waals surface area contributed by atoms with Gasteiger partial charge < -0.3 is 11.5 Å². The van der Waals surface area contributed by atoms with Crippen molar-refractivity contribution in [3.8, 4) is 16.9 Å². The third-order valence-electron chi connectivity index (χ3n) is 5.59. The summed E-state index contributed by atoms with van der Waals surface area (Å²) in [5.74, 6) is -0.723. The zero-order valence-electron chi connectivity index (χ0n) is 17.4. The van der Waals surface area contributed by atoms with Crippen molar-refractivity contribution < 1.29 is 18.0 Å². The zero-order valence-corrected chi connectivity index (χ0v) is 18.2. The first-order valence-corrected chi connectivity index (χ1v) is 11.6. The number of fused-ring (bicyclic) bond motifs is 3. The van der Waals surface area contributed by atoms with Crippen molar-refractivity contribution in [2.45, 2.75) is 37.1 Å². The van der Waals surface area contributed by atoms with Crippen LogP contribution in [0.25, 0.3) is 16.9 Å². The van der Waals surface area contributed by atoms with E-state index in [9.17, 15) is 18.0 Å². The molecule has 10 heteroatoms. The Labute approximate surface area is 185 Å². The number of ketones is 1. The highest BCUT2D eigenvalue weighted by molar-refractivity contribution is 7.89. The maximum atomic E-state index is 12.2. The molecule has 0 saturated carbocycles. The summed E-state index contributed by atoms with van der Waals surface area (Å²) in [4.78, 5) is 24.2. The second kappa shape index (κ2) is 7.97. The smallest absolute Gasteiger partial charge is 0.269 e. The van der Waals surface area contributed by atoms with E-state index < -0.39 is 22.0 Å². The number of aryl methyl sites for hydroxylation is 1. The number of hydrogen-bond acceptors (Lipinski definition) is 6. The Morgan fingerprint density at radius 3 is 2.41 bits per heavy atom. The lowest BCUT2D eigenvalue weighted by Crippen LogP contribution is -2.28. The van der Waals surface area contributed by atoms with Gasteiger partial charge >= 0.3 is 0 Å². The van der Waals surface area contributed by atoms with E-state index in [4.69, 9.17) is 16.6 Å². The summed E-state index contributed by atoms with van der Waals surface area (Å²) in [7, 11) is -3.85. The molecule has 1 aliphatic carbocycles. The fraction of sp³-hybridized carbons (Fsp3) is 0.227. The van der Waals surface area contributed by atoms with Crippen LogP contribution in [0.5, 0.6) is 0 Å². The molecule has 1 aliphatic rings. The average molecular weight is 454 g/mol. The lowest BCUT2D eigenvalue weighted by atomic mass is 9.86. The Balaban J connectivity index is 1.88. The van der Waals surface area contributed by atoms with E-state index in [-0.39, 0.29) is 22.8 Å². The number of carbonyl (C=O) groups excluding carboxylic acids is 2. The normalized spacial score (nSPS) is 13.8. The van der Waals surface area contributed by atoms with E-state index >= 15 is 0 Å². The SMILES string of the molecule is CC(N)C(=O)Cc1ccc2c(c1)-c1c(c(C(N)=O)nn1-c1ccc(S(N)(=O)=O)cc1)CC2. The number of sulfonamides is 1. The molecule has 2 aromatic carbocycles. The predicted molar refractivity (Wildman–Crippen MR) is 119 cm³/mol. The first kappa shape index (κ1) is 21.9. The molecule has 0 saturated heterocycles. The van der Waals surface area contributed by atoms with Gasteiger partial charge in [0, 0.05) is 17.5 Å². The number of Topliss-reactive ketones (excluding diaryl/α,β-unsaturated/α-hetero) is 1. The fourth-order valence-electron chi connectivity index (χ4n) is 3.92. The number of benzene rings is 2. The molecule has 1 atom stereocenters. The number of primary sulfonamides is 1. The van der Waals surface area contributed by atoms with E-state index in [1.165, 1.54) is 12.1 Å². The van der Waals surface area contributed by atoms with E-state index in [2.05, 4.69) is 5.10 Å². The quantitative estimate of drug-likeness (QED) is 0.500.